The summed E-state index contributed by atoms with van der Waals surface area (Å²) >= 11 is 19.9. The van der Waals surface area contributed by atoms with Crippen LogP contribution in [-0.2, 0) is 22.1 Å². The van der Waals surface area contributed by atoms with Crippen molar-refractivity contribution in [2.45, 2.75) is 82.8 Å². The second-order valence-corrected chi connectivity index (χ2v) is 17.0. The van der Waals surface area contributed by atoms with Crippen molar-refractivity contribution in [2.75, 3.05) is 26.3 Å². The van der Waals surface area contributed by atoms with E-state index in [4.69, 9.17) is 49.0 Å². The van der Waals surface area contributed by atoms with Gasteiger partial charge in [0.15, 0.2) is 5.75 Å². The Labute approximate surface area is 334 Å². The molecule has 55 heavy (non-hydrogen) atoms. The fourth-order valence-corrected chi connectivity index (χ4v) is 8.72. The van der Waals surface area contributed by atoms with E-state index in [1.54, 1.807) is 32.9 Å². The molecule has 3 amide bonds. The van der Waals surface area contributed by atoms with Gasteiger partial charge in [-0.15, -0.1) is 0 Å². The minimum atomic E-state index is -4.67. The van der Waals surface area contributed by atoms with E-state index in [0.29, 0.717) is 39.1 Å². The van der Waals surface area contributed by atoms with Crippen LogP contribution in [0.4, 0.5) is 22.8 Å². The van der Waals surface area contributed by atoms with Gasteiger partial charge in [0.1, 0.15) is 18.8 Å². The van der Waals surface area contributed by atoms with Crippen LogP contribution < -0.4 is 14.8 Å². The quantitative estimate of drug-likeness (QED) is 0.194. The molecule has 2 N–H and O–H groups in total. The number of rotatable bonds is 10. The predicted octanol–water partition coefficient (Wildman–Crippen LogP) is 8.91. The number of aryl methyl sites for hydroxylation is 1. The molecule has 18 heteroatoms. The molecular formula is C37H38Cl3F3N4O7S. The molecular weight excluding hydrogens is 808 g/mol. The fraction of sp³-hybridized carbons (Fsp3) is 0.459. The third-order valence-corrected chi connectivity index (χ3v) is 11.4. The summed E-state index contributed by atoms with van der Waals surface area (Å²) in [6.45, 7) is 6.98. The third kappa shape index (κ3) is 9.22. The molecule has 1 aliphatic carbocycles. The molecule has 3 heterocycles. The SMILES string of the molecule is Cc1cc(Cl)c(OCCOc2ncc(C3=C(C(=O)NC4(Cc5cccc(C(F)(F)F)c5Cl)CC4)[C@H]4CN(C(=O)OC(C)(C)C)CC(C3)N4C(=O)O)s2)c(Cl)c1. The summed E-state index contributed by atoms with van der Waals surface area (Å²) in [5, 5.41) is 13.9. The van der Waals surface area contributed by atoms with Gasteiger partial charge in [-0.3, -0.25) is 9.69 Å². The molecule has 11 nitrogen and oxygen atoms in total. The minimum absolute atomic E-state index is 0.0116. The zero-order chi connectivity index (χ0) is 40.0. The van der Waals surface area contributed by atoms with E-state index >= 15 is 0 Å². The summed E-state index contributed by atoms with van der Waals surface area (Å²) in [4.78, 5) is 48.1. The van der Waals surface area contributed by atoms with Crippen molar-refractivity contribution in [2.24, 2.45) is 0 Å². The van der Waals surface area contributed by atoms with Crippen LogP contribution in [0.15, 0.2) is 42.1 Å². The summed E-state index contributed by atoms with van der Waals surface area (Å²) in [5.74, 6) is -0.299. The summed E-state index contributed by atoms with van der Waals surface area (Å²) in [6, 6.07) is 5.25. The highest BCUT2D eigenvalue weighted by atomic mass is 35.5. The Bertz CT molecular complexity index is 2010. The van der Waals surface area contributed by atoms with Crippen LogP contribution in [0.2, 0.25) is 15.1 Å². The maximum absolute atomic E-state index is 14.5. The molecule has 3 aliphatic rings. The first kappa shape index (κ1) is 40.7. The Balaban J connectivity index is 1.29. The number of ether oxygens (including phenoxy) is 3. The summed E-state index contributed by atoms with van der Waals surface area (Å²) < 4.78 is 58.2. The standard InChI is InChI=1S/C37H38Cl3F3N4O7S/c1-19-12-24(38)30(25(39)13-19)52-10-11-53-32-44-16-27(55-32)22-14-21-17-46(34(51)54-35(2,3)4)18-26(47(21)33(49)50)28(22)31(48)45-36(8-9-36)15-20-6-5-7-23(29(20)40)37(41,42)43/h5-7,12-13,16,21,26H,8-11,14-15,17-18H2,1-4H3,(H,45,48)(H,49,50)/t21?,26-/m1/s1. The van der Waals surface area contributed by atoms with E-state index in [0.717, 1.165) is 23.0 Å². The number of piperazine rings is 1. The number of halogens is 6. The lowest BCUT2D eigenvalue weighted by Gasteiger charge is -2.49. The number of benzene rings is 2. The molecule has 1 unspecified atom stereocenters. The van der Waals surface area contributed by atoms with Crippen molar-refractivity contribution in [3.8, 4) is 10.9 Å². The third-order valence-electron chi connectivity index (χ3n) is 9.39. The molecule has 2 aliphatic heterocycles. The summed E-state index contributed by atoms with van der Waals surface area (Å²) in [5.41, 5.74) is -1.04. The number of carbonyl (C=O) groups is 3. The van der Waals surface area contributed by atoms with Crippen molar-refractivity contribution in [3.05, 3.63) is 78.7 Å². The lowest BCUT2D eigenvalue weighted by molar-refractivity contribution is -0.137. The van der Waals surface area contributed by atoms with Gasteiger partial charge in [0.2, 0.25) is 5.91 Å². The Morgan fingerprint density at radius 3 is 2.35 bits per heavy atom. The topological polar surface area (TPSA) is 131 Å². The van der Waals surface area contributed by atoms with Gasteiger partial charge in [-0.1, -0.05) is 58.3 Å². The molecule has 2 fully saturated rings. The number of nitrogens with zero attached hydrogens (tertiary/aromatic N) is 3. The molecule has 2 atom stereocenters. The average Bonchev–Trinajstić information content (AvgIpc) is 3.64. The van der Waals surface area contributed by atoms with Gasteiger partial charge in [0.25, 0.3) is 5.19 Å². The maximum atomic E-state index is 14.5. The van der Waals surface area contributed by atoms with Crippen molar-refractivity contribution in [3.63, 3.8) is 0 Å². The van der Waals surface area contributed by atoms with Gasteiger partial charge in [-0.2, -0.15) is 13.2 Å². The Morgan fingerprint density at radius 1 is 1.05 bits per heavy atom. The lowest BCUT2D eigenvalue weighted by atomic mass is 9.84. The number of aromatic nitrogens is 1. The normalized spacial score (nSPS) is 19.2. The Kier molecular flexibility index (Phi) is 11.5. The fourth-order valence-electron chi connectivity index (χ4n) is 6.86. The molecule has 2 aromatic carbocycles. The van der Waals surface area contributed by atoms with Crippen LogP contribution in [0.3, 0.4) is 0 Å². The predicted molar refractivity (Wildman–Crippen MR) is 201 cm³/mol. The van der Waals surface area contributed by atoms with Gasteiger partial charge in [-0.25, -0.2) is 14.6 Å². The monoisotopic (exact) mass is 844 g/mol. The Morgan fingerprint density at radius 2 is 1.73 bits per heavy atom. The molecule has 0 spiro atoms. The molecule has 296 valence electrons. The molecule has 2 bridgehead atoms. The minimum Gasteiger partial charge on any atom is -0.487 e. The van der Waals surface area contributed by atoms with Crippen molar-refractivity contribution in [1.82, 2.24) is 20.1 Å². The highest BCUT2D eigenvalue weighted by Crippen LogP contribution is 2.46. The van der Waals surface area contributed by atoms with Crippen LogP contribution in [0, 0.1) is 6.92 Å². The van der Waals surface area contributed by atoms with Gasteiger partial charge in [0.05, 0.1) is 37.6 Å². The van der Waals surface area contributed by atoms with Gasteiger partial charge < -0.3 is 29.5 Å². The molecule has 0 radical (unpaired) electrons. The first-order valence-corrected chi connectivity index (χ1v) is 19.3. The van der Waals surface area contributed by atoms with Crippen LogP contribution in [-0.4, -0.2) is 87.5 Å². The highest BCUT2D eigenvalue weighted by Gasteiger charge is 2.51. The van der Waals surface area contributed by atoms with E-state index in [-0.39, 0.29) is 55.5 Å². The van der Waals surface area contributed by atoms with E-state index in [1.807, 2.05) is 6.92 Å². The number of alkyl halides is 3. The second-order valence-electron chi connectivity index (χ2n) is 14.8. The molecule has 6 rings (SSSR count). The lowest BCUT2D eigenvalue weighted by Crippen LogP contribution is -2.65. The van der Waals surface area contributed by atoms with Crippen LogP contribution in [0.5, 0.6) is 10.9 Å². The van der Waals surface area contributed by atoms with E-state index in [9.17, 15) is 32.7 Å². The maximum Gasteiger partial charge on any atom is 0.417 e. The number of hydrogen-bond donors (Lipinski definition) is 2. The molecule has 3 aromatic rings. The van der Waals surface area contributed by atoms with Crippen molar-refractivity contribution < 1.29 is 46.9 Å². The number of amides is 3. The van der Waals surface area contributed by atoms with Gasteiger partial charge in [-0.05, 0) is 88.3 Å². The van der Waals surface area contributed by atoms with Gasteiger partial charge in [0, 0.05) is 30.4 Å². The Hall–Kier alpha value is -3.92. The van der Waals surface area contributed by atoms with Crippen LogP contribution in [0.25, 0.3) is 5.57 Å². The number of carboxylic acid groups (broad SMARTS) is 1. The first-order chi connectivity index (χ1) is 25.7. The zero-order valence-corrected chi connectivity index (χ0v) is 33.3. The number of hydrogen-bond acceptors (Lipinski definition) is 8. The number of fused-ring (bicyclic) bond motifs is 2. The molecule has 1 saturated heterocycles. The first-order valence-electron chi connectivity index (χ1n) is 17.3. The number of nitrogens with one attached hydrogen (secondary N) is 1. The number of carbonyl (C=O) groups excluding carboxylic acids is 2. The zero-order valence-electron chi connectivity index (χ0n) is 30.2. The van der Waals surface area contributed by atoms with Crippen molar-refractivity contribution >= 4 is 69.8 Å². The number of thiazole rings is 1. The highest BCUT2D eigenvalue weighted by molar-refractivity contribution is 7.14. The van der Waals surface area contributed by atoms with Crippen LogP contribution >= 0.6 is 46.1 Å². The van der Waals surface area contributed by atoms with E-state index in [2.05, 4.69) is 10.3 Å². The molecule has 1 aromatic heterocycles. The summed E-state index contributed by atoms with van der Waals surface area (Å²) in [7, 11) is 0. The van der Waals surface area contributed by atoms with E-state index < -0.39 is 58.1 Å². The second kappa shape index (κ2) is 15.5. The molecule has 1 saturated carbocycles. The summed E-state index contributed by atoms with van der Waals surface area (Å²) in [6.07, 6.45) is -4.10. The van der Waals surface area contributed by atoms with E-state index in [1.165, 1.54) is 28.1 Å². The average molecular weight is 846 g/mol. The van der Waals surface area contributed by atoms with Crippen LogP contribution in [0.1, 0.15) is 61.6 Å². The smallest absolute Gasteiger partial charge is 0.417 e. The largest absolute Gasteiger partial charge is 0.487 e. The van der Waals surface area contributed by atoms with Gasteiger partial charge >= 0.3 is 18.4 Å². The van der Waals surface area contributed by atoms with Crippen molar-refractivity contribution in [1.29, 1.82) is 0 Å².